The lowest BCUT2D eigenvalue weighted by Crippen LogP contribution is -2.11. The van der Waals surface area contributed by atoms with Crippen LogP contribution in [0.25, 0.3) is 0 Å². The summed E-state index contributed by atoms with van der Waals surface area (Å²) in [5, 5.41) is 19.1. The summed E-state index contributed by atoms with van der Waals surface area (Å²) in [7, 11) is 0. The van der Waals surface area contributed by atoms with Crippen molar-refractivity contribution in [1.29, 1.82) is 0 Å². The van der Waals surface area contributed by atoms with Crippen molar-refractivity contribution in [1.82, 2.24) is 0 Å². The largest absolute Gasteiger partial charge is 0.511 e. The molecular weight excluding hydrogens is 244 g/mol. The van der Waals surface area contributed by atoms with Crippen LogP contribution >= 0.6 is 0 Å². The van der Waals surface area contributed by atoms with Gasteiger partial charge in [-0.15, -0.1) is 0 Å². The molecule has 1 aromatic carbocycles. The minimum absolute atomic E-state index is 0.0178. The highest BCUT2D eigenvalue weighted by molar-refractivity contribution is 5.68. The molecular formula is C15H22O4. The summed E-state index contributed by atoms with van der Waals surface area (Å²) in [4.78, 5) is 10.8. The van der Waals surface area contributed by atoms with E-state index in [0.717, 1.165) is 35.1 Å². The molecule has 0 fully saturated rings. The zero-order valence-electron chi connectivity index (χ0n) is 12.0. The molecule has 4 nitrogen and oxygen atoms in total. The molecule has 19 heavy (non-hydrogen) atoms. The van der Waals surface area contributed by atoms with Crippen LogP contribution in [0.5, 0.6) is 11.5 Å². The molecule has 0 spiro atoms. The van der Waals surface area contributed by atoms with E-state index in [1.165, 1.54) is 0 Å². The molecule has 0 bridgehead atoms. The van der Waals surface area contributed by atoms with E-state index in [4.69, 9.17) is 9.84 Å². The number of benzene rings is 1. The zero-order valence-corrected chi connectivity index (χ0v) is 12.0. The Hall–Kier alpha value is -1.71. The smallest absolute Gasteiger partial charge is 0.504 e. The number of carboxylic acid groups (broad SMARTS) is 1. The van der Waals surface area contributed by atoms with Crippen molar-refractivity contribution in [3.05, 3.63) is 22.3 Å². The number of aromatic hydroxyl groups is 1. The van der Waals surface area contributed by atoms with E-state index in [1.807, 2.05) is 27.7 Å². The van der Waals surface area contributed by atoms with Crippen LogP contribution in [0.4, 0.5) is 4.79 Å². The molecule has 0 aromatic heterocycles. The van der Waals surface area contributed by atoms with Gasteiger partial charge in [-0.1, -0.05) is 27.7 Å². The summed E-state index contributed by atoms with van der Waals surface area (Å²) in [6.07, 6.45) is 1.52. The van der Waals surface area contributed by atoms with Gasteiger partial charge in [0.15, 0.2) is 11.5 Å². The summed E-state index contributed by atoms with van der Waals surface area (Å²) >= 11 is 0. The summed E-state index contributed by atoms with van der Waals surface area (Å²) in [5.41, 5.74) is 3.83. The van der Waals surface area contributed by atoms with Gasteiger partial charge < -0.3 is 14.9 Å². The molecule has 0 atom stereocenters. The first-order valence-corrected chi connectivity index (χ1v) is 6.80. The highest BCUT2D eigenvalue weighted by Crippen LogP contribution is 2.40. The maximum absolute atomic E-state index is 10.8. The topological polar surface area (TPSA) is 66.8 Å². The maximum Gasteiger partial charge on any atom is 0.511 e. The zero-order chi connectivity index (χ0) is 14.6. The van der Waals surface area contributed by atoms with Crippen molar-refractivity contribution in [3.63, 3.8) is 0 Å². The second kappa shape index (κ2) is 6.45. The normalized spacial score (nSPS) is 10.5. The lowest BCUT2D eigenvalue weighted by Gasteiger charge is -2.21. The Balaban J connectivity index is 3.66. The van der Waals surface area contributed by atoms with Crippen LogP contribution in [0, 0.1) is 0 Å². The monoisotopic (exact) mass is 266 g/mol. The van der Waals surface area contributed by atoms with E-state index in [0.29, 0.717) is 12.8 Å². The van der Waals surface area contributed by atoms with Gasteiger partial charge in [0.2, 0.25) is 0 Å². The predicted octanol–water partition coefficient (Wildman–Crippen LogP) is 3.70. The van der Waals surface area contributed by atoms with Crippen LogP contribution < -0.4 is 4.74 Å². The summed E-state index contributed by atoms with van der Waals surface area (Å²) in [6, 6.07) is 0. The van der Waals surface area contributed by atoms with Crippen molar-refractivity contribution < 1.29 is 19.7 Å². The van der Waals surface area contributed by atoms with E-state index in [9.17, 15) is 9.90 Å². The number of carbonyl (C=O) groups is 1. The Morgan fingerprint density at radius 2 is 1.32 bits per heavy atom. The van der Waals surface area contributed by atoms with Gasteiger partial charge in [0, 0.05) is 11.1 Å². The molecule has 1 rings (SSSR count). The Bertz CT molecular complexity index is 478. The molecule has 0 unspecified atom stereocenters. The van der Waals surface area contributed by atoms with Crippen LogP contribution in [0.2, 0.25) is 0 Å². The Morgan fingerprint density at radius 3 is 1.68 bits per heavy atom. The van der Waals surface area contributed by atoms with Gasteiger partial charge >= 0.3 is 6.16 Å². The van der Waals surface area contributed by atoms with Crippen molar-refractivity contribution >= 4 is 6.16 Å². The molecule has 4 heteroatoms. The van der Waals surface area contributed by atoms with Crippen molar-refractivity contribution in [3.8, 4) is 11.5 Å². The molecule has 0 radical (unpaired) electrons. The second-order valence-corrected chi connectivity index (χ2v) is 4.37. The molecule has 106 valence electrons. The Morgan fingerprint density at radius 1 is 0.895 bits per heavy atom. The van der Waals surface area contributed by atoms with E-state index in [-0.39, 0.29) is 11.5 Å². The third-order valence-corrected chi connectivity index (χ3v) is 3.47. The molecule has 0 saturated heterocycles. The Labute approximate surface area is 114 Å². The number of phenolic OH excluding ortho intramolecular Hbond substituents is 1. The average molecular weight is 266 g/mol. The van der Waals surface area contributed by atoms with Gasteiger partial charge in [-0.2, -0.15) is 0 Å². The lowest BCUT2D eigenvalue weighted by molar-refractivity contribution is 0.142. The highest BCUT2D eigenvalue weighted by Gasteiger charge is 2.22. The van der Waals surface area contributed by atoms with Gasteiger partial charge in [0.1, 0.15) is 0 Å². The number of hydrogen-bond acceptors (Lipinski definition) is 3. The average Bonchev–Trinajstić information content (AvgIpc) is 2.39. The third-order valence-electron chi connectivity index (χ3n) is 3.47. The summed E-state index contributed by atoms with van der Waals surface area (Å²) < 4.78 is 4.82. The van der Waals surface area contributed by atoms with Crippen LogP contribution in [0.1, 0.15) is 49.9 Å². The molecule has 0 saturated carbocycles. The van der Waals surface area contributed by atoms with Gasteiger partial charge in [-0.05, 0) is 36.8 Å². The van der Waals surface area contributed by atoms with Crippen LogP contribution in [0.15, 0.2) is 0 Å². The second-order valence-electron chi connectivity index (χ2n) is 4.37. The van der Waals surface area contributed by atoms with Crippen molar-refractivity contribution in [2.45, 2.75) is 53.4 Å². The minimum Gasteiger partial charge on any atom is -0.504 e. The molecule has 2 N–H and O–H groups in total. The van der Waals surface area contributed by atoms with Crippen molar-refractivity contribution in [2.24, 2.45) is 0 Å². The van der Waals surface area contributed by atoms with Gasteiger partial charge in [-0.25, -0.2) is 4.79 Å². The molecule has 0 aliphatic carbocycles. The number of phenols is 1. The number of rotatable bonds is 5. The molecule has 0 amide bonds. The lowest BCUT2D eigenvalue weighted by atomic mass is 9.88. The number of ether oxygens (including phenoxy) is 1. The van der Waals surface area contributed by atoms with E-state index < -0.39 is 6.16 Å². The fraction of sp³-hybridized carbons (Fsp3) is 0.533. The maximum atomic E-state index is 10.8. The fourth-order valence-electron chi connectivity index (χ4n) is 2.73. The standard InChI is InChI=1S/C15H22O4/c1-5-9-10(6-2)12(8-4)14(19-15(17)18)13(16)11(9)7-3/h16H,5-8H2,1-4H3,(H,17,18). The number of hydrogen-bond donors (Lipinski definition) is 2. The first-order valence-electron chi connectivity index (χ1n) is 6.80. The van der Waals surface area contributed by atoms with Gasteiger partial charge in [-0.3, -0.25) is 0 Å². The van der Waals surface area contributed by atoms with Crippen LogP contribution in [0.3, 0.4) is 0 Å². The quantitative estimate of drug-likeness (QED) is 0.630. The van der Waals surface area contributed by atoms with E-state index in [1.54, 1.807) is 0 Å². The van der Waals surface area contributed by atoms with Gasteiger partial charge in [0.05, 0.1) is 0 Å². The highest BCUT2D eigenvalue weighted by atomic mass is 16.7. The molecule has 0 aliphatic rings. The van der Waals surface area contributed by atoms with Gasteiger partial charge in [0.25, 0.3) is 0 Å². The molecule has 0 aliphatic heterocycles. The third kappa shape index (κ3) is 2.83. The first kappa shape index (κ1) is 15.3. The van der Waals surface area contributed by atoms with Crippen LogP contribution in [-0.4, -0.2) is 16.4 Å². The van der Waals surface area contributed by atoms with Crippen molar-refractivity contribution in [2.75, 3.05) is 0 Å². The Kier molecular flexibility index (Phi) is 5.21. The summed E-state index contributed by atoms with van der Waals surface area (Å²) in [5.74, 6) is 0.0942. The summed E-state index contributed by atoms with van der Waals surface area (Å²) in [6.45, 7) is 7.97. The molecule has 0 heterocycles. The molecule has 1 aromatic rings. The predicted molar refractivity (Wildman–Crippen MR) is 74.3 cm³/mol. The SMILES string of the molecule is CCc1c(O)c(OC(=O)O)c(CC)c(CC)c1CC. The van der Waals surface area contributed by atoms with E-state index >= 15 is 0 Å². The minimum atomic E-state index is -1.39. The van der Waals surface area contributed by atoms with Crippen LogP contribution in [-0.2, 0) is 25.7 Å². The van der Waals surface area contributed by atoms with E-state index in [2.05, 4.69) is 0 Å². The first-order chi connectivity index (χ1) is 9.01. The fourth-order valence-corrected chi connectivity index (χ4v) is 2.73.